The number of benzene rings is 2. The summed E-state index contributed by atoms with van der Waals surface area (Å²) in [5.74, 6) is 15.1. The van der Waals surface area contributed by atoms with Crippen molar-refractivity contribution in [2.45, 2.75) is 71.1 Å². The van der Waals surface area contributed by atoms with E-state index in [-0.39, 0.29) is 0 Å². The van der Waals surface area contributed by atoms with Crippen molar-refractivity contribution in [2.24, 2.45) is 11.8 Å². The van der Waals surface area contributed by atoms with Gasteiger partial charge in [-0.15, -0.1) is 0 Å². The van der Waals surface area contributed by atoms with E-state index >= 15 is 0 Å². The van der Waals surface area contributed by atoms with E-state index in [2.05, 4.69) is 85.2 Å². The molecule has 0 heteroatoms. The molecule has 150 valence electrons. The summed E-state index contributed by atoms with van der Waals surface area (Å²) in [4.78, 5) is 0. The zero-order valence-corrected chi connectivity index (χ0v) is 17.9. The first-order chi connectivity index (χ1) is 14.3. The largest absolute Gasteiger partial charge is 0.0979 e. The van der Waals surface area contributed by atoms with Crippen LogP contribution in [0.1, 0.15) is 81.4 Å². The molecule has 29 heavy (non-hydrogen) atoms. The maximum atomic E-state index is 3.51. The van der Waals surface area contributed by atoms with Gasteiger partial charge >= 0.3 is 0 Å². The van der Waals surface area contributed by atoms with Crippen LogP contribution in [-0.2, 0) is 6.42 Å². The summed E-state index contributed by atoms with van der Waals surface area (Å²) in [5.41, 5.74) is 3.64. The summed E-state index contributed by atoms with van der Waals surface area (Å²) >= 11 is 0. The third-order valence-electron chi connectivity index (χ3n) is 5.94. The molecule has 0 heterocycles. The molecule has 1 aliphatic carbocycles. The monoisotopic (exact) mass is 382 g/mol. The van der Waals surface area contributed by atoms with Gasteiger partial charge in [-0.25, -0.2) is 0 Å². The van der Waals surface area contributed by atoms with E-state index in [4.69, 9.17) is 0 Å². The van der Waals surface area contributed by atoms with Gasteiger partial charge in [0.15, 0.2) is 0 Å². The first-order valence-corrected chi connectivity index (χ1v) is 11.5. The van der Waals surface area contributed by atoms with Crippen molar-refractivity contribution >= 4 is 0 Å². The van der Waals surface area contributed by atoms with Gasteiger partial charge in [0, 0.05) is 23.5 Å². The van der Waals surface area contributed by atoms with Crippen molar-refractivity contribution in [1.29, 1.82) is 0 Å². The Labute approximate surface area is 178 Å². The molecule has 0 aliphatic heterocycles. The number of hydrogen-bond donors (Lipinski definition) is 0. The van der Waals surface area contributed by atoms with Crippen LogP contribution >= 0.6 is 0 Å². The number of hydrogen-bond acceptors (Lipinski definition) is 0. The smallest absolute Gasteiger partial charge is 0.0246 e. The minimum absolute atomic E-state index is 0.596. The van der Waals surface area contributed by atoms with Crippen molar-refractivity contribution < 1.29 is 0 Å². The fraction of sp³-hybridized carbons (Fsp3) is 0.448. The molecule has 0 radical (unpaired) electrons. The number of rotatable bonds is 6. The van der Waals surface area contributed by atoms with Crippen molar-refractivity contribution in [3.8, 4) is 23.7 Å². The van der Waals surface area contributed by atoms with Crippen LogP contribution < -0.4 is 0 Å². The van der Waals surface area contributed by atoms with Crippen molar-refractivity contribution in [3.05, 3.63) is 71.3 Å². The SMILES string of the molecule is CCCC1CCC(C#Cc2ccc(C#CCCCCc3ccccc3)cc2)CC1. The van der Waals surface area contributed by atoms with Gasteiger partial charge in [-0.2, -0.15) is 0 Å². The summed E-state index contributed by atoms with van der Waals surface area (Å²) in [6, 6.07) is 19.2. The van der Waals surface area contributed by atoms with Crippen LogP contribution in [-0.4, -0.2) is 0 Å². The lowest BCUT2D eigenvalue weighted by atomic mass is 9.80. The van der Waals surface area contributed by atoms with Crippen LogP contribution in [0.4, 0.5) is 0 Å². The van der Waals surface area contributed by atoms with Gasteiger partial charge in [-0.3, -0.25) is 0 Å². The highest BCUT2D eigenvalue weighted by Crippen LogP contribution is 2.31. The summed E-state index contributed by atoms with van der Waals surface area (Å²) in [6.45, 7) is 2.30. The average molecular weight is 383 g/mol. The maximum absolute atomic E-state index is 3.51. The molecule has 1 saturated carbocycles. The molecule has 0 atom stereocenters. The lowest BCUT2D eigenvalue weighted by Crippen LogP contribution is -2.13. The molecule has 0 bridgehead atoms. The highest BCUT2D eigenvalue weighted by atomic mass is 14.2. The van der Waals surface area contributed by atoms with E-state index in [1.807, 2.05) is 0 Å². The van der Waals surface area contributed by atoms with Gasteiger partial charge in [0.05, 0.1) is 0 Å². The highest BCUT2D eigenvalue weighted by Gasteiger charge is 2.18. The van der Waals surface area contributed by atoms with Crippen LogP contribution in [0.15, 0.2) is 54.6 Å². The molecule has 2 aromatic carbocycles. The van der Waals surface area contributed by atoms with Gasteiger partial charge in [0.1, 0.15) is 0 Å². The van der Waals surface area contributed by atoms with Crippen LogP contribution in [0.3, 0.4) is 0 Å². The van der Waals surface area contributed by atoms with Crippen molar-refractivity contribution in [3.63, 3.8) is 0 Å². The topological polar surface area (TPSA) is 0 Å². The molecule has 0 amide bonds. The Morgan fingerprint density at radius 2 is 1.48 bits per heavy atom. The van der Waals surface area contributed by atoms with E-state index < -0.39 is 0 Å². The van der Waals surface area contributed by atoms with Crippen LogP contribution in [0, 0.1) is 35.5 Å². The summed E-state index contributed by atoms with van der Waals surface area (Å²) in [7, 11) is 0. The van der Waals surface area contributed by atoms with Crippen LogP contribution in [0.25, 0.3) is 0 Å². The molecule has 0 unspecified atom stereocenters. The zero-order chi connectivity index (χ0) is 20.2. The molecule has 0 spiro atoms. The summed E-state index contributed by atoms with van der Waals surface area (Å²) in [5, 5.41) is 0. The van der Waals surface area contributed by atoms with Gasteiger partial charge in [-0.1, -0.05) is 73.8 Å². The first-order valence-electron chi connectivity index (χ1n) is 11.5. The fourth-order valence-electron chi connectivity index (χ4n) is 4.18. The molecule has 2 aromatic rings. The van der Waals surface area contributed by atoms with Gasteiger partial charge in [-0.05, 0) is 80.7 Å². The fourth-order valence-corrected chi connectivity index (χ4v) is 4.18. The van der Waals surface area contributed by atoms with Gasteiger partial charge < -0.3 is 0 Å². The van der Waals surface area contributed by atoms with E-state index in [9.17, 15) is 0 Å². The van der Waals surface area contributed by atoms with E-state index in [1.165, 1.54) is 50.5 Å². The Bertz CT molecular complexity index is 828. The van der Waals surface area contributed by atoms with E-state index in [0.717, 1.165) is 36.3 Å². The predicted octanol–water partition coefficient (Wildman–Crippen LogP) is 7.41. The maximum Gasteiger partial charge on any atom is 0.0246 e. The quantitative estimate of drug-likeness (QED) is 0.360. The normalized spacial score (nSPS) is 18.2. The van der Waals surface area contributed by atoms with E-state index in [1.54, 1.807) is 0 Å². The Hall–Kier alpha value is -2.44. The minimum Gasteiger partial charge on any atom is -0.0979 e. The first kappa shape index (κ1) is 21.3. The van der Waals surface area contributed by atoms with Crippen molar-refractivity contribution in [2.75, 3.05) is 0 Å². The molecular weight excluding hydrogens is 348 g/mol. The Morgan fingerprint density at radius 3 is 2.17 bits per heavy atom. The number of unbranched alkanes of at least 4 members (excludes halogenated alkanes) is 2. The zero-order valence-electron chi connectivity index (χ0n) is 17.9. The third kappa shape index (κ3) is 7.83. The van der Waals surface area contributed by atoms with Crippen LogP contribution in [0.5, 0.6) is 0 Å². The average Bonchev–Trinajstić information content (AvgIpc) is 2.77. The molecule has 3 rings (SSSR count). The Balaban J connectivity index is 1.38. The molecule has 0 N–H and O–H groups in total. The summed E-state index contributed by atoms with van der Waals surface area (Å²) < 4.78 is 0. The van der Waals surface area contributed by atoms with Crippen LogP contribution in [0.2, 0.25) is 0 Å². The minimum atomic E-state index is 0.596. The third-order valence-corrected chi connectivity index (χ3v) is 5.94. The lowest BCUT2D eigenvalue weighted by molar-refractivity contribution is 0.300. The highest BCUT2D eigenvalue weighted by molar-refractivity contribution is 5.42. The second-order valence-corrected chi connectivity index (χ2v) is 8.35. The molecule has 1 fully saturated rings. The van der Waals surface area contributed by atoms with Crippen molar-refractivity contribution in [1.82, 2.24) is 0 Å². The Morgan fingerprint density at radius 1 is 0.793 bits per heavy atom. The number of aryl methyl sites for hydroxylation is 1. The Kier molecular flexibility index (Phi) is 8.94. The second kappa shape index (κ2) is 12.2. The summed E-state index contributed by atoms with van der Waals surface area (Å²) in [6.07, 6.45) is 12.5. The van der Waals surface area contributed by atoms with Gasteiger partial charge in [0.2, 0.25) is 0 Å². The molecular formula is C29H34. The standard InChI is InChI=1S/C29H34/c1-2-10-25-15-19-28(20-16-25)23-24-29-21-17-27(18-22-29)14-7-4-3-6-11-26-12-8-5-9-13-26/h5,8-9,12-13,17-18,21-22,25,28H,2-4,6,10-11,15-16,19-20H2,1H3. The molecule has 1 aliphatic rings. The molecule has 0 saturated heterocycles. The predicted molar refractivity (Wildman–Crippen MR) is 125 cm³/mol. The second-order valence-electron chi connectivity index (χ2n) is 8.35. The van der Waals surface area contributed by atoms with E-state index in [0.29, 0.717) is 5.92 Å². The lowest BCUT2D eigenvalue weighted by Gasteiger charge is -2.25. The molecule has 0 aromatic heterocycles. The molecule has 0 nitrogen and oxygen atoms in total. The van der Waals surface area contributed by atoms with Gasteiger partial charge in [0.25, 0.3) is 0 Å².